The summed E-state index contributed by atoms with van der Waals surface area (Å²) in [7, 11) is 0. The lowest BCUT2D eigenvalue weighted by Crippen LogP contribution is -2.24. The maximum Gasteiger partial charge on any atom is 0.251 e. The minimum absolute atomic E-state index is 0.00138. The van der Waals surface area contributed by atoms with Crippen molar-refractivity contribution in [3.63, 3.8) is 0 Å². The topological polar surface area (TPSA) is 54.0 Å². The fraction of sp³-hybridized carbons (Fsp3) is 0.375. The molecule has 5 heteroatoms. The highest BCUT2D eigenvalue weighted by atomic mass is 32.1. The van der Waals surface area contributed by atoms with E-state index in [0.717, 1.165) is 30.1 Å². The van der Waals surface area contributed by atoms with Crippen molar-refractivity contribution >= 4 is 22.4 Å². The van der Waals surface area contributed by atoms with Crippen LogP contribution in [0.3, 0.4) is 0 Å². The molecule has 0 fully saturated rings. The number of hydrogen-bond donors (Lipinski definition) is 2. The minimum Gasteiger partial charge on any atom is -0.357 e. The second kappa shape index (κ2) is 7.78. The zero-order valence-corrected chi connectivity index (χ0v) is 13.3. The maximum absolute atomic E-state index is 11.9. The summed E-state index contributed by atoms with van der Waals surface area (Å²) in [5.74, 6) is -0.00138. The maximum atomic E-state index is 11.9. The lowest BCUT2D eigenvalue weighted by molar-refractivity contribution is 0.0953. The third-order valence-corrected chi connectivity index (χ3v) is 3.97. The molecule has 4 nitrogen and oxygen atoms in total. The summed E-state index contributed by atoms with van der Waals surface area (Å²) >= 11 is 1.64. The Balaban J connectivity index is 1.85. The van der Waals surface area contributed by atoms with Gasteiger partial charge in [0.25, 0.3) is 5.91 Å². The van der Waals surface area contributed by atoms with Crippen molar-refractivity contribution in [2.75, 3.05) is 11.9 Å². The zero-order valence-electron chi connectivity index (χ0n) is 12.5. The molecule has 1 aromatic carbocycles. The van der Waals surface area contributed by atoms with Crippen molar-refractivity contribution in [1.82, 2.24) is 10.3 Å². The average molecular weight is 303 g/mol. The first kappa shape index (κ1) is 15.5. The standard InChI is InChI=1S/C16H21N3OS/c1-3-4-9-17-15(20)14-7-5-13(6-8-14)11-19-16-18-10-12(2)21-16/h5-8,10H,3-4,9,11H2,1-2H3,(H,17,20)(H,18,19). The van der Waals surface area contributed by atoms with Crippen molar-refractivity contribution in [3.05, 3.63) is 46.5 Å². The van der Waals surface area contributed by atoms with E-state index in [1.165, 1.54) is 4.88 Å². The number of amides is 1. The molecule has 0 aliphatic carbocycles. The van der Waals surface area contributed by atoms with Gasteiger partial charge in [0, 0.05) is 29.7 Å². The van der Waals surface area contributed by atoms with E-state index >= 15 is 0 Å². The summed E-state index contributed by atoms with van der Waals surface area (Å²) < 4.78 is 0. The molecule has 0 aliphatic rings. The molecule has 0 saturated heterocycles. The number of benzene rings is 1. The number of nitrogens with zero attached hydrogens (tertiary/aromatic N) is 1. The van der Waals surface area contributed by atoms with Crippen LogP contribution >= 0.6 is 11.3 Å². The number of rotatable bonds is 7. The first-order valence-electron chi connectivity index (χ1n) is 7.22. The number of thiazole rings is 1. The molecule has 21 heavy (non-hydrogen) atoms. The molecule has 0 spiro atoms. The molecule has 1 amide bonds. The molecule has 0 bridgehead atoms. The smallest absolute Gasteiger partial charge is 0.251 e. The lowest BCUT2D eigenvalue weighted by atomic mass is 10.1. The van der Waals surface area contributed by atoms with Gasteiger partial charge in [-0.15, -0.1) is 11.3 Å². The van der Waals surface area contributed by atoms with Crippen LogP contribution in [-0.4, -0.2) is 17.4 Å². The van der Waals surface area contributed by atoms with Gasteiger partial charge in [0.05, 0.1) is 0 Å². The number of aryl methyl sites for hydroxylation is 1. The van der Waals surface area contributed by atoms with E-state index in [2.05, 4.69) is 22.5 Å². The highest BCUT2D eigenvalue weighted by Gasteiger charge is 2.04. The molecule has 2 N–H and O–H groups in total. The third kappa shape index (κ3) is 4.86. The summed E-state index contributed by atoms with van der Waals surface area (Å²) in [5, 5.41) is 7.12. The number of unbranched alkanes of at least 4 members (excludes halogenated alkanes) is 1. The Hall–Kier alpha value is -1.88. The predicted molar refractivity (Wildman–Crippen MR) is 87.9 cm³/mol. The van der Waals surface area contributed by atoms with Crippen LogP contribution in [0.5, 0.6) is 0 Å². The van der Waals surface area contributed by atoms with Gasteiger partial charge in [-0.3, -0.25) is 4.79 Å². The summed E-state index contributed by atoms with van der Waals surface area (Å²) in [6.45, 7) is 5.60. The van der Waals surface area contributed by atoms with Crippen LogP contribution in [0.1, 0.15) is 40.6 Å². The molecule has 0 saturated carbocycles. The van der Waals surface area contributed by atoms with E-state index in [1.54, 1.807) is 11.3 Å². The number of carbonyl (C=O) groups excluding carboxylic acids is 1. The number of carbonyl (C=O) groups is 1. The Morgan fingerprint density at radius 1 is 1.29 bits per heavy atom. The van der Waals surface area contributed by atoms with E-state index in [1.807, 2.05) is 37.4 Å². The molecule has 2 rings (SSSR count). The van der Waals surface area contributed by atoms with E-state index in [9.17, 15) is 4.79 Å². The summed E-state index contributed by atoms with van der Waals surface area (Å²) in [5.41, 5.74) is 1.84. The second-order valence-electron chi connectivity index (χ2n) is 4.94. The Labute approximate surface area is 129 Å². The van der Waals surface area contributed by atoms with Crippen LogP contribution < -0.4 is 10.6 Å². The van der Waals surface area contributed by atoms with E-state index in [4.69, 9.17) is 0 Å². The third-order valence-electron chi connectivity index (χ3n) is 3.10. The molecule has 0 radical (unpaired) electrons. The highest BCUT2D eigenvalue weighted by Crippen LogP contribution is 2.17. The average Bonchev–Trinajstić information content (AvgIpc) is 2.91. The van der Waals surface area contributed by atoms with Crippen molar-refractivity contribution in [2.45, 2.75) is 33.2 Å². The van der Waals surface area contributed by atoms with Gasteiger partial charge in [0.1, 0.15) is 0 Å². The van der Waals surface area contributed by atoms with Crippen LogP contribution in [0.15, 0.2) is 30.5 Å². The van der Waals surface area contributed by atoms with Crippen molar-refractivity contribution in [2.24, 2.45) is 0 Å². The molecule has 0 unspecified atom stereocenters. The van der Waals surface area contributed by atoms with Crippen molar-refractivity contribution < 1.29 is 4.79 Å². The van der Waals surface area contributed by atoms with Gasteiger partial charge in [-0.1, -0.05) is 25.5 Å². The number of hydrogen-bond acceptors (Lipinski definition) is 4. The van der Waals surface area contributed by atoms with Crippen molar-refractivity contribution in [1.29, 1.82) is 0 Å². The predicted octanol–water partition coefficient (Wildman–Crippen LogP) is 3.59. The molecular weight excluding hydrogens is 282 g/mol. The monoisotopic (exact) mass is 303 g/mol. The van der Waals surface area contributed by atoms with Gasteiger partial charge in [0.2, 0.25) is 0 Å². The molecule has 0 atom stereocenters. The van der Waals surface area contributed by atoms with Crippen LogP contribution in [0.4, 0.5) is 5.13 Å². The Morgan fingerprint density at radius 2 is 2.05 bits per heavy atom. The van der Waals surface area contributed by atoms with Crippen LogP contribution in [-0.2, 0) is 6.54 Å². The fourth-order valence-electron chi connectivity index (χ4n) is 1.87. The van der Waals surface area contributed by atoms with Gasteiger partial charge in [-0.05, 0) is 31.0 Å². The van der Waals surface area contributed by atoms with E-state index in [-0.39, 0.29) is 5.91 Å². The normalized spacial score (nSPS) is 10.4. The summed E-state index contributed by atoms with van der Waals surface area (Å²) in [6, 6.07) is 7.68. The Bertz CT molecular complexity index is 577. The largest absolute Gasteiger partial charge is 0.357 e. The van der Waals surface area contributed by atoms with Crippen molar-refractivity contribution in [3.8, 4) is 0 Å². The molecule has 0 aliphatic heterocycles. The SMILES string of the molecule is CCCCNC(=O)c1ccc(CNc2ncc(C)s2)cc1. The number of anilines is 1. The van der Waals surface area contributed by atoms with Crippen LogP contribution in [0.25, 0.3) is 0 Å². The van der Waals surface area contributed by atoms with E-state index < -0.39 is 0 Å². The van der Waals surface area contributed by atoms with Gasteiger partial charge in [-0.25, -0.2) is 4.98 Å². The van der Waals surface area contributed by atoms with Gasteiger partial charge in [0.15, 0.2) is 5.13 Å². The molecule has 2 aromatic rings. The second-order valence-corrected chi connectivity index (χ2v) is 6.17. The summed E-state index contributed by atoms with van der Waals surface area (Å²) in [4.78, 5) is 17.3. The van der Waals surface area contributed by atoms with E-state index in [0.29, 0.717) is 12.1 Å². The minimum atomic E-state index is -0.00138. The Morgan fingerprint density at radius 3 is 2.67 bits per heavy atom. The first-order valence-corrected chi connectivity index (χ1v) is 8.04. The van der Waals surface area contributed by atoms with Gasteiger partial charge in [-0.2, -0.15) is 0 Å². The van der Waals surface area contributed by atoms with Gasteiger partial charge >= 0.3 is 0 Å². The quantitative estimate of drug-likeness (QED) is 0.769. The lowest BCUT2D eigenvalue weighted by Gasteiger charge is -2.06. The van der Waals surface area contributed by atoms with Crippen LogP contribution in [0.2, 0.25) is 0 Å². The first-order chi connectivity index (χ1) is 10.2. The highest BCUT2D eigenvalue weighted by molar-refractivity contribution is 7.15. The molecular formula is C16H21N3OS. The van der Waals surface area contributed by atoms with Crippen LogP contribution in [0, 0.1) is 6.92 Å². The molecule has 112 valence electrons. The molecule has 1 heterocycles. The number of aromatic nitrogens is 1. The fourth-order valence-corrected chi connectivity index (χ4v) is 2.53. The Kier molecular flexibility index (Phi) is 5.75. The number of nitrogens with one attached hydrogen (secondary N) is 2. The molecule has 1 aromatic heterocycles. The zero-order chi connectivity index (χ0) is 15.1. The van der Waals surface area contributed by atoms with Gasteiger partial charge < -0.3 is 10.6 Å². The summed E-state index contributed by atoms with van der Waals surface area (Å²) in [6.07, 6.45) is 3.96.